The summed E-state index contributed by atoms with van der Waals surface area (Å²) in [5.74, 6) is 0. The van der Waals surface area contributed by atoms with Gasteiger partial charge in [-0.05, 0) is 32.9 Å². The Kier molecular flexibility index (Phi) is 5.13. The summed E-state index contributed by atoms with van der Waals surface area (Å²) in [6.45, 7) is 3.09. The van der Waals surface area contributed by atoms with Gasteiger partial charge in [0.05, 0.1) is 4.87 Å². The number of hydrogen-bond donors (Lipinski definition) is 3. The molecule has 0 spiro atoms. The van der Waals surface area contributed by atoms with Gasteiger partial charge < -0.3 is 11.1 Å². The van der Waals surface area contributed by atoms with E-state index in [2.05, 4.69) is 24.9 Å². The van der Waals surface area contributed by atoms with Crippen LogP contribution in [0.4, 0.5) is 0 Å². The molecule has 0 aromatic carbocycles. The van der Waals surface area contributed by atoms with Crippen molar-refractivity contribution in [1.29, 1.82) is 0 Å². The Morgan fingerprint density at radius 2 is 2.20 bits per heavy atom. The van der Waals surface area contributed by atoms with E-state index >= 15 is 0 Å². The topological polar surface area (TPSA) is 38.0 Å². The first-order valence-electron chi connectivity index (χ1n) is 3.78. The minimum absolute atomic E-state index is 0.253. The molecule has 0 radical (unpaired) electrons. The van der Waals surface area contributed by atoms with Crippen molar-refractivity contribution >= 4 is 12.6 Å². The molecule has 0 bridgehead atoms. The molecule has 0 aromatic rings. The molecule has 0 aliphatic carbocycles. The Hall–Kier alpha value is 0.270. The van der Waals surface area contributed by atoms with Gasteiger partial charge in [0.15, 0.2) is 0 Å². The van der Waals surface area contributed by atoms with Gasteiger partial charge in [-0.15, -0.1) is 0 Å². The van der Waals surface area contributed by atoms with Crippen molar-refractivity contribution in [1.82, 2.24) is 5.32 Å². The fraction of sp³-hybridized carbons (Fsp3) is 1.00. The van der Waals surface area contributed by atoms with Gasteiger partial charge in [-0.1, -0.05) is 6.92 Å². The summed E-state index contributed by atoms with van der Waals surface area (Å²) < 4.78 is 0. The summed E-state index contributed by atoms with van der Waals surface area (Å²) in [6, 6.07) is 0. The van der Waals surface area contributed by atoms with E-state index in [1.54, 1.807) is 0 Å². The van der Waals surface area contributed by atoms with E-state index in [9.17, 15) is 0 Å². The van der Waals surface area contributed by atoms with E-state index in [0.717, 1.165) is 25.8 Å². The summed E-state index contributed by atoms with van der Waals surface area (Å²) in [4.78, 5) is -0.253. The second-order valence-corrected chi connectivity index (χ2v) is 3.55. The number of thiol groups is 1. The van der Waals surface area contributed by atoms with Crippen LogP contribution in [0.15, 0.2) is 0 Å². The molecule has 1 atom stereocenters. The number of nitrogens with two attached hydrogens (primary N) is 1. The van der Waals surface area contributed by atoms with Crippen LogP contribution in [0.25, 0.3) is 0 Å². The molecule has 1 unspecified atom stereocenters. The van der Waals surface area contributed by atoms with Gasteiger partial charge in [0, 0.05) is 0 Å². The minimum atomic E-state index is -0.253. The van der Waals surface area contributed by atoms with Crippen LogP contribution in [0.5, 0.6) is 0 Å². The maximum absolute atomic E-state index is 5.79. The summed E-state index contributed by atoms with van der Waals surface area (Å²) in [6.07, 6.45) is 3.01. The summed E-state index contributed by atoms with van der Waals surface area (Å²) in [5, 5.41) is 3.07. The third kappa shape index (κ3) is 5.09. The fourth-order valence-corrected chi connectivity index (χ4v) is 0.906. The third-order valence-corrected chi connectivity index (χ3v) is 2.19. The van der Waals surface area contributed by atoms with Crippen LogP contribution in [0.3, 0.4) is 0 Å². The monoisotopic (exact) mass is 162 g/mol. The van der Waals surface area contributed by atoms with E-state index < -0.39 is 0 Å². The maximum Gasteiger partial charge on any atom is 0.0588 e. The molecule has 0 saturated carbocycles. The molecule has 3 N–H and O–H groups in total. The second-order valence-electron chi connectivity index (χ2n) is 2.66. The number of rotatable bonds is 5. The largest absolute Gasteiger partial charge is 0.320 e. The highest BCUT2D eigenvalue weighted by molar-refractivity contribution is 7.81. The van der Waals surface area contributed by atoms with Crippen LogP contribution in [-0.2, 0) is 0 Å². The van der Waals surface area contributed by atoms with E-state index in [0.29, 0.717) is 0 Å². The average Bonchev–Trinajstić information content (AvgIpc) is 1.89. The lowest BCUT2D eigenvalue weighted by molar-refractivity contribution is 0.516. The van der Waals surface area contributed by atoms with Crippen molar-refractivity contribution in [3.05, 3.63) is 0 Å². The zero-order valence-corrected chi connectivity index (χ0v) is 7.75. The first-order chi connectivity index (χ1) is 4.62. The molecule has 2 nitrogen and oxygen atoms in total. The van der Waals surface area contributed by atoms with Crippen molar-refractivity contribution < 1.29 is 0 Å². The van der Waals surface area contributed by atoms with Gasteiger partial charge in [-0.3, -0.25) is 0 Å². The highest BCUT2D eigenvalue weighted by Crippen LogP contribution is 2.17. The van der Waals surface area contributed by atoms with Crippen molar-refractivity contribution in [2.45, 2.75) is 31.1 Å². The zero-order valence-electron chi connectivity index (χ0n) is 6.85. The Morgan fingerprint density at radius 3 is 2.60 bits per heavy atom. The molecular formula is C7H18N2S. The smallest absolute Gasteiger partial charge is 0.0588 e. The van der Waals surface area contributed by atoms with Gasteiger partial charge in [-0.25, -0.2) is 0 Å². The summed E-state index contributed by atoms with van der Waals surface area (Å²) in [7, 11) is 1.95. The standard InChI is InChI=1S/C7H18N2S/c1-3-7(8,10)5-4-6-9-2/h9-10H,3-6,8H2,1-2H3. The Morgan fingerprint density at radius 1 is 1.60 bits per heavy atom. The highest BCUT2D eigenvalue weighted by Gasteiger charge is 2.14. The lowest BCUT2D eigenvalue weighted by Crippen LogP contribution is -2.32. The molecule has 62 valence electrons. The first-order valence-corrected chi connectivity index (χ1v) is 4.23. The van der Waals surface area contributed by atoms with Gasteiger partial charge in [0.2, 0.25) is 0 Å². The molecule has 0 saturated heterocycles. The van der Waals surface area contributed by atoms with E-state index in [-0.39, 0.29) is 4.87 Å². The molecule has 10 heavy (non-hydrogen) atoms. The van der Waals surface area contributed by atoms with Gasteiger partial charge in [-0.2, -0.15) is 12.6 Å². The molecule has 0 aliphatic rings. The maximum atomic E-state index is 5.79. The SMILES string of the molecule is CCC(N)(S)CCCNC. The van der Waals surface area contributed by atoms with Crippen LogP contribution in [0.1, 0.15) is 26.2 Å². The van der Waals surface area contributed by atoms with Crippen LogP contribution in [0.2, 0.25) is 0 Å². The van der Waals surface area contributed by atoms with Crippen molar-refractivity contribution in [3.63, 3.8) is 0 Å². The molecule has 0 rings (SSSR count). The zero-order chi connectivity index (χ0) is 8.04. The Bertz CT molecular complexity index is 83.7. The van der Waals surface area contributed by atoms with Crippen molar-refractivity contribution in [3.8, 4) is 0 Å². The molecule has 3 heteroatoms. The second kappa shape index (κ2) is 4.99. The normalized spacial score (nSPS) is 16.8. The lowest BCUT2D eigenvalue weighted by Gasteiger charge is -2.20. The van der Waals surface area contributed by atoms with Crippen LogP contribution < -0.4 is 11.1 Å². The predicted molar refractivity (Wildman–Crippen MR) is 49.4 cm³/mol. The lowest BCUT2D eigenvalue weighted by atomic mass is 10.1. The van der Waals surface area contributed by atoms with Gasteiger partial charge in [0.25, 0.3) is 0 Å². The highest BCUT2D eigenvalue weighted by atomic mass is 32.1. The fourth-order valence-electron chi connectivity index (χ4n) is 0.748. The molecular weight excluding hydrogens is 144 g/mol. The summed E-state index contributed by atoms with van der Waals surface area (Å²) in [5.41, 5.74) is 5.79. The third-order valence-electron chi connectivity index (χ3n) is 1.65. The van der Waals surface area contributed by atoms with Crippen LogP contribution >= 0.6 is 12.6 Å². The molecule has 0 aliphatic heterocycles. The van der Waals surface area contributed by atoms with Crippen LogP contribution in [-0.4, -0.2) is 18.5 Å². The number of hydrogen-bond acceptors (Lipinski definition) is 3. The first kappa shape index (κ1) is 10.3. The minimum Gasteiger partial charge on any atom is -0.320 e. The van der Waals surface area contributed by atoms with Gasteiger partial charge in [0.1, 0.15) is 0 Å². The average molecular weight is 162 g/mol. The van der Waals surface area contributed by atoms with Crippen molar-refractivity contribution in [2.75, 3.05) is 13.6 Å². The summed E-state index contributed by atoms with van der Waals surface area (Å²) >= 11 is 4.31. The predicted octanol–water partition coefficient (Wildman–Crippen LogP) is 0.981. The van der Waals surface area contributed by atoms with Crippen molar-refractivity contribution in [2.24, 2.45) is 5.73 Å². The van der Waals surface area contributed by atoms with E-state index in [1.165, 1.54) is 0 Å². The molecule has 0 heterocycles. The number of nitrogens with one attached hydrogen (secondary N) is 1. The molecule has 0 amide bonds. The quantitative estimate of drug-likeness (QED) is 0.320. The van der Waals surface area contributed by atoms with E-state index in [4.69, 9.17) is 5.73 Å². The Balaban J connectivity index is 3.28. The Labute approximate surface area is 69.0 Å². The molecule has 0 fully saturated rings. The van der Waals surface area contributed by atoms with E-state index in [1.807, 2.05) is 7.05 Å². The van der Waals surface area contributed by atoms with Crippen LogP contribution in [0, 0.1) is 0 Å². The molecule has 0 aromatic heterocycles. The van der Waals surface area contributed by atoms with Gasteiger partial charge >= 0.3 is 0 Å².